The Morgan fingerprint density at radius 2 is 0.600 bits per heavy atom. The molecule has 0 atom stereocenters. The van der Waals surface area contributed by atoms with Crippen LogP contribution in [0.2, 0.25) is 0 Å². The van der Waals surface area contributed by atoms with Crippen molar-refractivity contribution in [3.8, 4) is 0 Å². The van der Waals surface area contributed by atoms with Crippen molar-refractivity contribution < 1.29 is 37.9 Å². The van der Waals surface area contributed by atoms with Crippen LogP contribution in [-0.2, 0) is 44.5 Å². The molecule has 0 N–H and O–H groups in total. The Morgan fingerprint density at radius 3 is 0.956 bits per heavy atom. The zero-order valence-electron chi connectivity index (χ0n) is 28.9. The molecule has 0 saturated carbocycles. The first-order valence-corrected chi connectivity index (χ1v) is 18.1. The molecular weight excluding hydrogens is 572 g/mol. The van der Waals surface area contributed by atoms with Gasteiger partial charge in [0.1, 0.15) is 0 Å². The molecule has 0 aromatic heterocycles. The van der Waals surface area contributed by atoms with Gasteiger partial charge in [0.05, 0.1) is 99.1 Å². The maximum atomic E-state index is 5.68. The average Bonchev–Trinajstić information content (AvgIpc) is 3.06. The molecule has 1 aromatic rings. The van der Waals surface area contributed by atoms with Crippen LogP contribution in [0.5, 0.6) is 0 Å². The zero-order valence-corrected chi connectivity index (χ0v) is 28.9. The highest BCUT2D eigenvalue weighted by molar-refractivity contribution is 5.13. The van der Waals surface area contributed by atoms with E-state index in [-0.39, 0.29) is 0 Å². The first kappa shape index (κ1) is 41.9. The topological polar surface area (TPSA) is 73.8 Å². The van der Waals surface area contributed by atoms with Gasteiger partial charge in [0, 0.05) is 6.61 Å². The van der Waals surface area contributed by atoms with Crippen LogP contribution in [0.15, 0.2) is 30.3 Å². The van der Waals surface area contributed by atoms with Gasteiger partial charge < -0.3 is 37.9 Å². The van der Waals surface area contributed by atoms with Gasteiger partial charge >= 0.3 is 0 Å². The lowest BCUT2D eigenvalue weighted by Crippen LogP contribution is -2.15. The fraction of sp³-hybridized carbons (Fsp3) is 0.838. The van der Waals surface area contributed by atoms with E-state index in [2.05, 4.69) is 19.1 Å². The molecule has 0 unspecified atom stereocenters. The summed E-state index contributed by atoms with van der Waals surface area (Å²) in [6.45, 7) is 11.7. The summed E-state index contributed by atoms with van der Waals surface area (Å²) in [6, 6.07) is 10.1. The molecular formula is C37H68O8. The van der Waals surface area contributed by atoms with Gasteiger partial charge in [-0.25, -0.2) is 0 Å². The second-order valence-corrected chi connectivity index (χ2v) is 11.4. The number of hydrogen-bond acceptors (Lipinski definition) is 8. The quantitative estimate of drug-likeness (QED) is 0.0678. The number of benzene rings is 1. The van der Waals surface area contributed by atoms with Crippen molar-refractivity contribution >= 4 is 0 Å². The molecule has 8 heteroatoms. The van der Waals surface area contributed by atoms with Gasteiger partial charge in [-0.3, -0.25) is 0 Å². The van der Waals surface area contributed by atoms with E-state index in [4.69, 9.17) is 37.9 Å². The van der Waals surface area contributed by atoms with E-state index in [0.29, 0.717) is 99.1 Å². The molecule has 0 aliphatic rings. The second kappa shape index (κ2) is 37.4. The molecule has 0 amide bonds. The van der Waals surface area contributed by atoms with Gasteiger partial charge in [-0.05, 0) is 12.0 Å². The summed E-state index contributed by atoms with van der Waals surface area (Å²) in [5, 5.41) is 0. The summed E-state index contributed by atoms with van der Waals surface area (Å²) in [6.07, 6.45) is 19.3. The van der Waals surface area contributed by atoms with Gasteiger partial charge in [0.15, 0.2) is 0 Å². The summed E-state index contributed by atoms with van der Waals surface area (Å²) in [5.74, 6) is 0. The summed E-state index contributed by atoms with van der Waals surface area (Å²) in [5.41, 5.74) is 1.17. The van der Waals surface area contributed by atoms with Crippen LogP contribution in [0.25, 0.3) is 0 Å². The van der Waals surface area contributed by atoms with Crippen molar-refractivity contribution in [3.63, 3.8) is 0 Å². The first-order chi connectivity index (χ1) is 22.4. The van der Waals surface area contributed by atoms with E-state index in [0.717, 1.165) is 13.0 Å². The Hall–Kier alpha value is -1.10. The minimum absolute atomic E-state index is 0.542. The molecule has 0 fully saturated rings. The zero-order chi connectivity index (χ0) is 32.0. The van der Waals surface area contributed by atoms with Crippen LogP contribution in [0.3, 0.4) is 0 Å². The van der Waals surface area contributed by atoms with Crippen molar-refractivity contribution in [2.24, 2.45) is 0 Å². The third kappa shape index (κ3) is 34.1. The molecule has 1 rings (SSSR count). The Kier molecular flexibility index (Phi) is 34.8. The lowest BCUT2D eigenvalue weighted by atomic mass is 10.0. The van der Waals surface area contributed by atoms with E-state index in [1.807, 2.05) is 18.2 Å². The standard InChI is InChI=1S/C37H68O8/c1-2-3-4-5-6-7-8-9-10-11-12-13-14-18-21-38-22-23-39-24-25-40-26-27-41-28-29-42-30-31-43-32-33-44-34-35-45-36-37-19-16-15-17-20-37/h15-17,19-20H,2-14,18,21-36H2,1H3. The van der Waals surface area contributed by atoms with E-state index in [1.165, 1.54) is 89.0 Å². The second-order valence-electron chi connectivity index (χ2n) is 11.4. The minimum Gasteiger partial charge on any atom is -0.379 e. The largest absolute Gasteiger partial charge is 0.379 e. The van der Waals surface area contributed by atoms with Crippen LogP contribution in [0.4, 0.5) is 0 Å². The molecule has 1 aromatic carbocycles. The fourth-order valence-electron chi connectivity index (χ4n) is 4.70. The third-order valence-electron chi connectivity index (χ3n) is 7.36. The maximum absolute atomic E-state index is 5.68. The number of rotatable bonds is 38. The monoisotopic (exact) mass is 640 g/mol. The molecule has 0 aliphatic heterocycles. The molecule has 264 valence electrons. The molecule has 8 nitrogen and oxygen atoms in total. The lowest BCUT2D eigenvalue weighted by molar-refractivity contribution is -0.0236. The Morgan fingerprint density at radius 1 is 0.311 bits per heavy atom. The van der Waals surface area contributed by atoms with Crippen molar-refractivity contribution in [1.29, 1.82) is 0 Å². The van der Waals surface area contributed by atoms with Crippen LogP contribution in [-0.4, -0.2) is 99.1 Å². The lowest BCUT2D eigenvalue weighted by Gasteiger charge is -2.09. The van der Waals surface area contributed by atoms with Crippen LogP contribution in [0.1, 0.15) is 102 Å². The number of ether oxygens (including phenoxy) is 8. The Balaban J connectivity index is 1.61. The fourth-order valence-corrected chi connectivity index (χ4v) is 4.70. The molecule has 0 bridgehead atoms. The highest BCUT2D eigenvalue weighted by Gasteiger charge is 1.97. The summed E-state index contributed by atoms with van der Waals surface area (Å²) >= 11 is 0. The first-order valence-electron chi connectivity index (χ1n) is 18.1. The number of hydrogen-bond donors (Lipinski definition) is 0. The van der Waals surface area contributed by atoms with E-state index in [1.54, 1.807) is 0 Å². The predicted molar refractivity (Wildman–Crippen MR) is 182 cm³/mol. The summed E-state index contributed by atoms with van der Waals surface area (Å²) in [7, 11) is 0. The van der Waals surface area contributed by atoms with Gasteiger partial charge in [0.25, 0.3) is 0 Å². The highest BCUT2D eigenvalue weighted by atomic mass is 16.6. The average molecular weight is 641 g/mol. The molecule has 0 heterocycles. The van der Waals surface area contributed by atoms with Gasteiger partial charge in [-0.15, -0.1) is 0 Å². The molecule has 0 spiro atoms. The molecule has 0 saturated heterocycles. The van der Waals surface area contributed by atoms with E-state index in [9.17, 15) is 0 Å². The normalized spacial score (nSPS) is 11.5. The van der Waals surface area contributed by atoms with Crippen LogP contribution < -0.4 is 0 Å². The Bertz CT molecular complexity index is 663. The smallest absolute Gasteiger partial charge is 0.0718 e. The predicted octanol–water partition coefficient (Wildman–Crippen LogP) is 7.80. The van der Waals surface area contributed by atoms with Crippen LogP contribution >= 0.6 is 0 Å². The minimum atomic E-state index is 0.542. The maximum Gasteiger partial charge on any atom is 0.0718 e. The van der Waals surface area contributed by atoms with Gasteiger partial charge in [-0.1, -0.05) is 121 Å². The molecule has 45 heavy (non-hydrogen) atoms. The Labute approximate surface area is 276 Å². The highest BCUT2D eigenvalue weighted by Crippen LogP contribution is 2.13. The van der Waals surface area contributed by atoms with Crippen molar-refractivity contribution in [3.05, 3.63) is 35.9 Å². The van der Waals surface area contributed by atoms with Crippen molar-refractivity contribution in [2.75, 3.05) is 99.1 Å². The summed E-state index contributed by atoms with van der Waals surface area (Å²) in [4.78, 5) is 0. The number of unbranched alkanes of at least 4 members (excludes halogenated alkanes) is 13. The SMILES string of the molecule is CCCCCCCCCCCCCCCCOCCOCCOCCOCCOCCOCCOCCOCc1ccccc1. The van der Waals surface area contributed by atoms with Crippen LogP contribution in [0, 0.1) is 0 Å². The summed E-state index contributed by atoms with van der Waals surface area (Å²) < 4.78 is 44.4. The van der Waals surface area contributed by atoms with E-state index < -0.39 is 0 Å². The molecule has 0 aliphatic carbocycles. The van der Waals surface area contributed by atoms with Crippen molar-refractivity contribution in [2.45, 2.75) is 103 Å². The van der Waals surface area contributed by atoms with Crippen molar-refractivity contribution in [1.82, 2.24) is 0 Å². The van der Waals surface area contributed by atoms with Gasteiger partial charge in [0.2, 0.25) is 0 Å². The molecule has 0 radical (unpaired) electrons. The van der Waals surface area contributed by atoms with Gasteiger partial charge in [-0.2, -0.15) is 0 Å². The van der Waals surface area contributed by atoms with E-state index >= 15 is 0 Å². The third-order valence-corrected chi connectivity index (χ3v) is 7.36.